The minimum absolute atomic E-state index is 0.238. The minimum atomic E-state index is -3.78. The highest BCUT2D eigenvalue weighted by Gasteiger charge is 2.31. The van der Waals surface area contributed by atoms with Crippen LogP contribution in [-0.2, 0) is 14.8 Å². The summed E-state index contributed by atoms with van der Waals surface area (Å²) in [6.45, 7) is 9.55. The Morgan fingerprint density at radius 3 is 1.97 bits per heavy atom. The van der Waals surface area contributed by atoms with Gasteiger partial charge in [-0.05, 0) is 67.6 Å². The van der Waals surface area contributed by atoms with E-state index < -0.39 is 22.0 Å². The van der Waals surface area contributed by atoms with Crippen molar-refractivity contribution in [2.24, 2.45) is 0 Å². The number of amides is 1. The average molecular weight is 493 g/mol. The van der Waals surface area contributed by atoms with E-state index in [0.717, 1.165) is 33.0 Å². The van der Waals surface area contributed by atoms with Crippen molar-refractivity contribution in [3.8, 4) is 17.2 Å². The van der Waals surface area contributed by atoms with E-state index in [1.807, 2.05) is 26.0 Å². The van der Waals surface area contributed by atoms with Crippen molar-refractivity contribution in [2.45, 2.75) is 52.6 Å². The summed E-state index contributed by atoms with van der Waals surface area (Å²) in [5, 5.41) is 2.97. The number of hydrogen-bond donors (Lipinski definition) is 1. The van der Waals surface area contributed by atoms with Gasteiger partial charge in [0.2, 0.25) is 15.9 Å². The first-order chi connectivity index (χ1) is 15.8. The Bertz CT molecular complexity index is 1130. The van der Waals surface area contributed by atoms with Gasteiger partial charge in [-0.15, -0.1) is 0 Å². The van der Waals surface area contributed by atoms with Crippen LogP contribution in [0.5, 0.6) is 17.2 Å². The van der Waals surface area contributed by atoms with Gasteiger partial charge in [0.25, 0.3) is 0 Å². The van der Waals surface area contributed by atoms with Crippen LogP contribution in [0.3, 0.4) is 0 Å². The topological polar surface area (TPSA) is 94.2 Å². The lowest BCUT2D eigenvalue weighted by Gasteiger charge is -2.30. The monoisotopic (exact) mass is 492 g/mol. The predicted molar refractivity (Wildman–Crippen MR) is 135 cm³/mol. The quantitative estimate of drug-likeness (QED) is 0.535. The van der Waals surface area contributed by atoms with Crippen molar-refractivity contribution in [1.29, 1.82) is 0 Å². The highest BCUT2D eigenvalue weighted by molar-refractivity contribution is 7.92. The Labute approximate surface area is 203 Å². The molecular weight excluding hydrogens is 456 g/mol. The Balaban J connectivity index is 2.38. The molecule has 0 heterocycles. The molecule has 1 N–H and O–H groups in total. The van der Waals surface area contributed by atoms with Gasteiger partial charge in [0.05, 0.1) is 39.3 Å². The molecule has 2 rings (SSSR count). The lowest BCUT2D eigenvalue weighted by Crippen LogP contribution is -2.48. The highest BCUT2D eigenvalue weighted by atomic mass is 32.2. The van der Waals surface area contributed by atoms with E-state index >= 15 is 0 Å². The van der Waals surface area contributed by atoms with Gasteiger partial charge in [0.15, 0.2) is 11.5 Å². The number of anilines is 1. The fourth-order valence-corrected chi connectivity index (χ4v) is 5.16. The smallest absolute Gasteiger partial charge is 0.244 e. The number of ether oxygens (including phenoxy) is 3. The summed E-state index contributed by atoms with van der Waals surface area (Å²) < 4.78 is 42.5. The van der Waals surface area contributed by atoms with E-state index in [9.17, 15) is 13.2 Å². The van der Waals surface area contributed by atoms with Crippen LogP contribution >= 0.6 is 0 Å². The molecule has 0 aromatic heterocycles. The summed E-state index contributed by atoms with van der Waals surface area (Å²) in [4.78, 5) is 13.2. The van der Waals surface area contributed by atoms with Gasteiger partial charge >= 0.3 is 0 Å². The first-order valence-electron chi connectivity index (χ1n) is 11.1. The fourth-order valence-electron chi connectivity index (χ4n) is 3.99. The third-order valence-electron chi connectivity index (χ3n) is 5.78. The molecule has 188 valence electrons. The second kappa shape index (κ2) is 11.0. The predicted octanol–water partition coefficient (Wildman–Crippen LogP) is 4.18. The number of aryl methyl sites for hydroxylation is 1. The van der Waals surface area contributed by atoms with Gasteiger partial charge in [-0.1, -0.05) is 13.8 Å². The summed E-state index contributed by atoms with van der Waals surface area (Å²) in [5.41, 5.74) is 3.27. The first kappa shape index (κ1) is 27.3. The number of hydrogen-bond acceptors (Lipinski definition) is 6. The molecule has 8 nitrogen and oxygen atoms in total. The standard InChI is InChI=1S/C25H36N2O6S/c1-15(2)20-14-21(16(3)12-23(20)32-7)17(4)26-25(28)18(5)27(34(9,29)30)19-10-11-22(31-6)24(13-19)33-8/h10-15,17-18H,1-9H3,(H,26,28)/t17-,18-/m0/s1. The summed E-state index contributed by atoms with van der Waals surface area (Å²) >= 11 is 0. The minimum Gasteiger partial charge on any atom is -0.496 e. The average Bonchev–Trinajstić information content (AvgIpc) is 2.77. The maximum Gasteiger partial charge on any atom is 0.244 e. The molecule has 2 aromatic carbocycles. The number of sulfonamides is 1. The number of carbonyl (C=O) groups excluding carboxylic acids is 1. The molecular formula is C25H36N2O6S. The molecule has 0 aliphatic heterocycles. The summed E-state index contributed by atoms with van der Waals surface area (Å²) in [6.07, 6.45) is 1.07. The largest absolute Gasteiger partial charge is 0.496 e. The van der Waals surface area contributed by atoms with Crippen molar-refractivity contribution in [3.05, 3.63) is 47.0 Å². The number of rotatable bonds is 10. The Kier molecular flexibility index (Phi) is 8.83. The van der Waals surface area contributed by atoms with Crippen LogP contribution in [0.15, 0.2) is 30.3 Å². The van der Waals surface area contributed by atoms with Gasteiger partial charge in [0.1, 0.15) is 11.8 Å². The molecule has 9 heteroatoms. The van der Waals surface area contributed by atoms with Crippen LogP contribution in [0.25, 0.3) is 0 Å². The van der Waals surface area contributed by atoms with E-state index in [-0.39, 0.29) is 12.0 Å². The zero-order valence-corrected chi connectivity index (χ0v) is 22.2. The number of methoxy groups -OCH3 is 3. The van der Waals surface area contributed by atoms with Crippen molar-refractivity contribution in [2.75, 3.05) is 31.9 Å². The molecule has 0 aliphatic carbocycles. The van der Waals surface area contributed by atoms with Crippen molar-refractivity contribution in [1.82, 2.24) is 5.32 Å². The fraction of sp³-hybridized carbons (Fsp3) is 0.480. The van der Waals surface area contributed by atoms with Gasteiger partial charge in [0, 0.05) is 6.07 Å². The van der Waals surface area contributed by atoms with Gasteiger partial charge in [-0.25, -0.2) is 8.42 Å². The third kappa shape index (κ3) is 5.94. The van der Waals surface area contributed by atoms with Crippen LogP contribution in [0, 0.1) is 6.92 Å². The van der Waals surface area contributed by atoms with Gasteiger partial charge in [-0.2, -0.15) is 0 Å². The van der Waals surface area contributed by atoms with E-state index in [2.05, 4.69) is 19.2 Å². The molecule has 0 bridgehead atoms. The van der Waals surface area contributed by atoms with Crippen LogP contribution in [0.1, 0.15) is 56.3 Å². The van der Waals surface area contributed by atoms with Crippen molar-refractivity contribution in [3.63, 3.8) is 0 Å². The van der Waals surface area contributed by atoms with E-state index in [1.54, 1.807) is 26.2 Å². The zero-order valence-electron chi connectivity index (χ0n) is 21.4. The number of benzene rings is 2. The van der Waals surface area contributed by atoms with Crippen LogP contribution in [0.4, 0.5) is 5.69 Å². The third-order valence-corrected chi connectivity index (χ3v) is 7.02. The lowest BCUT2D eigenvalue weighted by atomic mass is 9.93. The normalized spacial score (nSPS) is 13.2. The number of nitrogens with zero attached hydrogens (tertiary/aromatic N) is 1. The second-order valence-corrected chi connectivity index (χ2v) is 10.5. The highest BCUT2D eigenvalue weighted by Crippen LogP contribution is 2.34. The van der Waals surface area contributed by atoms with E-state index in [4.69, 9.17) is 14.2 Å². The Morgan fingerprint density at radius 2 is 1.47 bits per heavy atom. The van der Waals surface area contributed by atoms with Crippen molar-refractivity contribution < 1.29 is 27.4 Å². The van der Waals surface area contributed by atoms with Gasteiger partial charge < -0.3 is 19.5 Å². The van der Waals surface area contributed by atoms with Crippen molar-refractivity contribution >= 4 is 21.6 Å². The number of nitrogens with one attached hydrogen (secondary N) is 1. The zero-order chi connectivity index (χ0) is 25.8. The molecule has 2 aromatic rings. The first-order valence-corrected chi connectivity index (χ1v) is 12.9. The SMILES string of the molecule is COc1ccc(N([C@@H](C)C(=O)N[C@@H](C)c2cc(C(C)C)c(OC)cc2C)S(C)(=O)=O)cc1OC. The molecule has 1 amide bonds. The maximum atomic E-state index is 13.2. The molecule has 0 radical (unpaired) electrons. The molecule has 0 unspecified atom stereocenters. The van der Waals surface area contributed by atoms with Crippen LogP contribution in [-0.4, -0.2) is 48.0 Å². The van der Waals surface area contributed by atoms with Crippen LogP contribution in [0.2, 0.25) is 0 Å². The summed E-state index contributed by atoms with van der Waals surface area (Å²) in [7, 11) is 0.818. The molecule has 0 saturated heterocycles. The molecule has 34 heavy (non-hydrogen) atoms. The second-order valence-electron chi connectivity index (χ2n) is 8.61. The van der Waals surface area contributed by atoms with E-state index in [1.165, 1.54) is 20.3 Å². The molecule has 0 saturated carbocycles. The summed E-state index contributed by atoms with van der Waals surface area (Å²) in [6, 6.07) is 7.38. The Hall–Kier alpha value is -2.94. The van der Waals surface area contributed by atoms with Gasteiger partial charge in [-0.3, -0.25) is 9.10 Å². The molecule has 0 fully saturated rings. The van der Waals surface area contributed by atoms with E-state index in [0.29, 0.717) is 17.2 Å². The number of carbonyl (C=O) groups is 1. The maximum absolute atomic E-state index is 13.2. The lowest BCUT2D eigenvalue weighted by molar-refractivity contribution is -0.122. The Morgan fingerprint density at radius 1 is 0.882 bits per heavy atom. The molecule has 2 atom stereocenters. The summed E-state index contributed by atoms with van der Waals surface area (Å²) in [5.74, 6) is 1.45. The van der Waals surface area contributed by atoms with Crippen LogP contribution < -0.4 is 23.8 Å². The molecule has 0 spiro atoms. The molecule has 0 aliphatic rings.